The van der Waals surface area contributed by atoms with Crippen molar-refractivity contribution in [2.24, 2.45) is 0 Å². The number of nitrogens with two attached hydrogens (primary N) is 1. The molecule has 1 atom stereocenters. The molecule has 0 aliphatic carbocycles. The van der Waals surface area contributed by atoms with Crippen LogP contribution in [0.15, 0.2) is 55.3 Å². The van der Waals surface area contributed by atoms with E-state index < -0.39 is 54.0 Å². The van der Waals surface area contributed by atoms with E-state index in [1.165, 1.54) is 31.2 Å². The smallest absolute Gasteiger partial charge is 0.383 e. The lowest BCUT2D eigenvalue weighted by Gasteiger charge is -2.35. The minimum Gasteiger partial charge on any atom is -0.383 e. The second-order valence-corrected chi connectivity index (χ2v) is 9.63. The first kappa shape index (κ1) is 32.4. The highest BCUT2D eigenvalue weighted by Crippen LogP contribution is 2.35. The van der Waals surface area contributed by atoms with Crippen LogP contribution in [0.1, 0.15) is 27.6 Å². The molecule has 0 aliphatic heterocycles. The first-order valence-electron chi connectivity index (χ1n) is 12.0. The molecule has 0 aliphatic rings. The van der Waals surface area contributed by atoms with Crippen molar-refractivity contribution in [2.75, 3.05) is 30.7 Å². The second kappa shape index (κ2) is 12.8. The van der Waals surface area contributed by atoms with Gasteiger partial charge in [-0.3, -0.25) is 14.4 Å². The van der Waals surface area contributed by atoms with Gasteiger partial charge in [0.15, 0.2) is 5.60 Å². The molecule has 3 aromatic rings. The van der Waals surface area contributed by atoms with Gasteiger partial charge in [-0.05, 0) is 49.4 Å². The fraction of sp³-hybridized carbons (Fsp3) is 0.231. The maximum absolute atomic E-state index is 14.1. The molecule has 42 heavy (non-hydrogen) atoms. The third-order valence-electron chi connectivity index (χ3n) is 6.06. The predicted octanol–water partition coefficient (Wildman–Crippen LogP) is 4.21. The van der Waals surface area contributed by atoms with Gasteiger partial charge < -0.3 is 26.4 Å². The number of rotatable bonds is 10. The lowest BCUT2D eigenvalue weighted by molar-refractivity contribution is -0.259. The van der Waals surface area contributed by atoms with Crippen LogP contribution in [-0.4, -0.2) is 68.9 Å². The molecule has 5 N–H and O–H groups in total. The molecule has 2 aromatic carbocycles. The van der Waals surface area contributed by atoms with Crippen LogP contribution >= 0.6 is 23.2 Å². The Morgan fingerprint density at radius 3 is 2.38 bits per heavy atom. The minimum absolute atomic E-state index is 0.0533. The van der Waals surface area contributed by atoms with E-state index >= 15 is 0 Å². The van der Waals surface area contributed by atoms with E-state index in [4.69, 9.17) is 28.9 Å². The fourth-order valence-electron chi connectivity index (χ4n) is 3.72. The van der Waals surface area contributed by atoms with Gasteiger partial charge in [-0.25, -0.2) is 9.07 Å². The summed E-state index contributed by atoms with van der Waals surface area (Å²) in [5.74, 6) is -3.65. The first-order chi connectivity index (χ1) is 19.6. The van der Waals surface area contributed by atoms with Crippen LogP contribution in [0.25, 0.3) is 5.69 Å². The van der Waals surface area contributed by atoms with Crippen molar-refractivity contribution in [2.45, 2.75) is 18.7 Å². The SMILES string of the molecule is C=CC(=O)Nc1ccc(Cl)c(C(=O)N(CC)CC(O)(CNC(=O)c2cnn(-c3ccc(F)cc3)c2N)C(F)(F)F)c1Cl. The van der Waals surface area contributed by atoms with Gasteiger partial charge in [-0.2, -0.15) is 18.3 Å². The van der Waals surface area contributed by atoms with Crippen LogP contribution in [0.3, 0.4) is 0 Å². The van der Waals surface area contributed by atoms with Gasteiger partial charge in [0.2, 0.25) is 5.91 Å². The standard InChI is InChI=1S/C26H24Cl2F4N6O4/c1-3-19(39)36-18-10-9-17(27)20(21(18)28)24(41)37(4-2)13-25(42,26(30,31)32)12-34-23(40)16-11-35-38(22(16)33)15-7-5-14(29)6-8-15/h3,5-11,42H,1,4,12-13,33H2,2H3,(H,34,40)(H,36,39). The number of hydrogen-bond donors (Lipinski definition) is 4. The number of alkyl halides is 3. The molecule has 0 fully saturated rings. The highest BCUT2D eigenvalue weighted by atomic mass is 35.5. The summed E-state index contributed by atoms with van der Waals surface area (Å²) in [7, 11) is 0. The predicted molar refractivity (Wildman–Crippen MR) is 148 cm³/mol. The molecule has 10 nitrogen and oxygen atoms in total. The summed E-state index contributed by atoms with van der Waals surface area (Å²) >= 11 is 12.4. The molecule has 224 valence electrons. The number of benzene rings is 2. The van der Waals surface area contributed by atoms with Crippen molar-refractivity contribution >= 4 is 52.4 Å². The van der Waals surface area contributed by atoms with Crippen molar-refractivity contribution in [3.05, 3.63) is 82.2 Å². The number of carbonyl (C=O) groups excluding carboxylic acids is 3. The van der Waals surface area contributed by atoms with E-state index in [9.17, 15) is 37.1 Å². The zero-order chi connectivity index (χ0) is 31.4. The third kappa shape index (κ3) is 6.83. The van der Waals surface area contributed by atoms with E-state index in [0.717, 1.165) is 29.1 Å². The molecular weight excluding hydrogens is 607 g/mol. The molecule has 0 spiro atoms. The van der Waals surface area contributed by atoms with Crippen molar-refractivity contribution < 1.29 is 37.1 Å². The topological polar surface area (TPSA) is 143 Å². The number of aromatic nitrogens is 2. The summed E-state index contributed by atoms with van der Waals surface area (Å²) in [5, 5.41) is 18.4. The summed E-state index contributed by atoms with van der Waals surface area (Å²) < 4.78 is 56.7. The number of likely N-dealkylation sites (N-methyl/N-ethyl adjacent to an activating group) is 1. The summed E-state index contributed by atoms with van der Waals surface area (Å²) in [6.07, 6.45) is -3.40. The Hall–Kier alpha value is -4.14. The van der Waals surface area contributed by atoms with Crippen molar-refractivity contribution in [3.8, 4) is 5.69 Å². The number of carbonyl (C=O) groups is 3. The van der Waals surface area contributed by atoms with E-state index in [1.54, 1.807) is 0 Å². The Morgan fingerprint density at radius 2 is 1.81 bits per heavy atom. The Labute approximate surface area is 246 Å². The molecule has 3 rings (SSSR count). The normalized spacial score (nSPS) is 12.8. The number of anilines is 2. The number of amides is 3. The largest absolute Gasteiger partial charge is 0.420 e. The average Bonchev–Trinajstić information content (AvgIpc) is 3.32. The monoisotopic (exact) mass is 630 g/mol. The van der Waals surface area contributed by atoms with E-state index in [0.29, 0.717) is 4.90 Å². The molecule has 0 bridgehead atoms. The Balaban J connectivity index is 1.84. The average molecular weight is 631 g/mol. The summed E-state index contributed by atoms with van der Waals surface area (Å²) in [6.45, 7) is 1.60. The minimum atomic E-state index is -5.33. The van der Waals surface area contributed by atoms with Crippen molar-refractivity contribution in [1.82, 2.24) is 20.0 Å². The quantitative estimate of drug-likeness (QED) is 0.195. The van der Waals surface area contributed by atoms with Gasteiger partial charge >= 0.3 is 6.18 Å². The van der Waals surface area contributed by atoms with Gasteiger partial charge in [0.25, 0.3) is 11.8 Å². The van der Waals surface area contributed by atoms with Gasteiger partial charge in [-0.15, -0.1) is 0 Å². The highest BCUT2D eigenvalue weighted by molar-refractivity contribution is 6.41. The molecular formula is C26H24Cl2F4N6O4. The number of aliphatic hydroxyl groups is 1. The molecule has 1 heterocycles. The van der Waals surface area contributed by atoms with Crippen molar-refractivity contribution in [1.29, 1.82) is 0 Å². The molecule has 1 aromatic heterocycles. The zero-order valence-electron chi connectivity index (χ0n) is 21.8. The maximum Gasteiger partial charge on any atom is 0.420 e. The van der Waals surface area contributed by atoms with Gasteiger partial charge in [-0.1, -0.05) is 29.8 Å². The van der Waals surface area contributed by atoms with Gasteiger partial charge in [0.1, 0.15) is 17.2 Å². The Kier molecular flexibility index (Phi) is 9.86. The van der Waals surface area contributed by atoms with E-state index in [1.807, 2.05) is 5.32 Å². The van der Waals surface area contributed by atoms with Crippen molar-refractivity contribution in [3.63, 3.8) is 0 Å². The lowest BCUT2D eigenvalue weighted by atomic mass is 10.0. The van der Waals surface area contributed by atoms with E-state index in [-0.39, 0.29) is 39.3 Å². The molecule has 0 radical (unpaired) electrons. The van der Waals surface area contributed by atoms with Crippen LogP contribution in [0, 0.1) is 5.82 Å². The molecule has 1 unspecified atom stereocenters. The number of nitrogens with one attached hydrogen (secondary N) is 2. The Bertz CT molecular complexity index is 1510. The maximum atomic E-state index is 14.1. The van der Waals surface area contributed by atoms with Crippen LogP contribution in [0.5, 0.6) is 0 Å². The lowest BCUT2D eigenvalue weighted by Crippen LogP contribution is -2.60. The van der Waals surface area contributed by atoms with Crippen LogP contribution in [0.4, 0.5) is 29.1 Å². The fourth-order valence-corrected chi connectivity index (χ4v) is 4.30. The number of nitrogens with zero attached hydrogens (tertiary/aromatic N) is 3. The number of hydrogen-bond acceptors (Lipinski definition) is 6. The Morgan fingerprint density at radius 1 is 1.17 bits per heavy atom. The van der Waals surface area contributed by atoms with Crippen LogP contribution in [-0.2, 0) is 4.79 Å². The summed E-state index contributed by atoms with van der Waals surface area (Å²) in [4.78, 5) is 38.4. The van der Waals surface area contributed by atoms with Gasteiger partial charge in [0, 0.05) is 6.54 Å². The summed E-state index contributed by atoms with van der Waals surface area (Å²) in [5.41, 5.74) is 1.79. The number of halogens is 6. The van der Waals surface area contributed by atoms with Crippen LogP contribution < -0.4 is 16.4 Å². The molecule has 0 saturated carbocycles. The molecule has 3 amide bonds. The molecule has 16 heteroatoms. The third-order valence-corrected chi connectivity index (χ3v) is 6.77. The first-order valence-corrected chi connectivity index (χ1v) is 12.8. The second-order valence-electron chi connectivity index (χ2n) is 8.84. The zero-order valence-corrected chi connectivity index (χ0v) is 23.3. The number of nitrogen functional groups attached to an aromatic ring is 1. The molecule has 0 saturated heterocycles. The van der Waals surface area contributed by atoms with Gasteiger partial charge in [0.05, 0.1) is 46.3 Å². The van der Waals surface area contributed by atoms with E-state index in [2.05, 4.69) is 17.0 Å². The highest BCUT2D eigenvalue weighted by Gasteiger charge is 2.55. The summed E-state index contributed by atoms with van der Waals surface area (Å²) in [6, 6.07) is 7.37. The van der Waals surface area contributed by atoms with Crippen LogP contribution in [0.2, 0.25) is 10.0 Å².